The van der Waals surface area contributed by atoms with Crippen molar-refractivity contribution in [2.45, 2.75) is 113 Å². The molecule has 3 rings (SSSR count). The molecule has 0 radical (unpaired) electrons. The van der Waals surface area contributed by atoms with Crippen LogP contribution < -0.4 is 0 Å². The third-order valence-corrected chi connectivity index (χ3v) is 23.0. The van der Waals surface area contributed by atoms with Crippen LogP contribution >= 0.6 is 35.0 Å². The molecule has 0 nitrogen and oxygen atoms in total. The third-order valence-electron chi connectivity index (χ3n) is 6.82. The fraction of sp³-hybridized carbons (Fsp3) is 1.00. The van der Waals surface area contributed by atoms with E-state index in [2.05, 4.69) is 31.0 Å². The van der Waals surface area contributed by atoms with Crippen molar-refractivity contribution in [2.75, 3.05) is 0 Å². The van der Waals surface area contributed by atoms with E-state index in [0.717, 1.165) is 17.0 Å². The minimum atomic E-state index is -1.92. The van der Waals surface area contributed by atoms with Crippen molar-refractivity contribution in [3.05, 3.63) is 0 Å². The molecule has 0 unspecified atom stereocenters. The quantitative estimate of drug-likeness (QED) is 0.389. The molecule has 124 valence electrons. The van der Waals surface area contributed by atoms with Crippen LogP contribution in [-0.2, 0) is 0 Å². The Morgan fingerprint density at radius 2 is 0.667 bits per heavy atom. The average molecular weight is 440 g/mol. The van der Waals surface area contributed by atoms with Gasteiger partial charge in [0, 0.05) is 0 Å². The van der Waals surface area contributed by atoms with Gasteiger partial charge in [-0.3, -0.25) is 0 Å². The minimum absolute atomic E-state index is 0.982. The Morgan fingerprint density at radius 1 is 0.429 bits per heavy atom. The molecule has 21 heavy (non-hydrogen) atoms. The molecule has 0 saturated heterocycles. The van der Waals surface area contributed by atoms with Crippen molar-refractivity contribution >= 4 is 35.0 Å². The van der Waals surface area contributed by atoms with Crippen LogP contribution in [0.1, 0.15) is 96.3 Å². The molecule has 3 aliphatic rings. The summed E-state index contributed by atoms with van der Waals surface area (Å²) in [5.41, 5.74) is 2.95. The molecule has 0 aromatic carbocycles. The molecule has 3 heteroatoms. The summed E-state index contributed by atoms with van der Waals surface area (Å²) in [5, 5.41) is 0. The Labute approximate surface area is 148 Å². The summed E-state index contributed by atoms with van der Waals surface area (Å²) < 4.78 is -1.92. The SMILES string of the molecule is BrP(Br)(C1CCCCC1)(C1CCCCC1)C1CCCCC1. The first-order valence-electron chi connectivity index (χ1n) is 9.56. The van der Waals surface area contributed by atoms with Crippen molar-refractivity contribution < 1.29 is 0 Å². The summed E-state index contributed by atoms with van der Waals surface area (Å²) in [7, 11) is 0. The maximum atomic E-state index is 4.62. The van der Waals surface area contributed by atoms with Gasteiger partial charge < -0.3 is 0 Å². The van der Waals surface area contributed by atoms with E-state index in [9.17, 15) is 0 Å². The topological polar surface area (TPSA) is 0 Å². The van der Waals surface area contributed by atoms with E-state index in [-0.39, 0.29) is 0 Å². The number of halogens is 2. The van der Waals surface area contributed by atoms with Gasteiger partial charge in [-0.1, -0.05) is 0 Å². The maximum absolute atomic E-state index is 4.62. The summed E-state index contributed by atoms with van der Waals surface area (Å²) in [6.45, 7) is 0. The third kappa shape index (κ3) is 3.30. The summed E-state index contributed by atoms with van der Waals surface area (Å²) in [6.07, 6.45) is 22.4. The van der Waals surface area contributed by atoms with Crippen LogP contribution in [0.15, 0.2) is 0 Å². The van der Waals surface area contributed by atoms with Gasteiger partial charge in [0.1, 0.15) is 0 Å². The molecular weight excluding hydrogens is 407 g/mol. The van der Waals surface area contributed by atoms with Gasteiger partial charge in [0.25, 0.3) is 0 Å². The average Bonchev–Trinajstić information content (AvgIpc) is 2.57. The van der Waals surface area contributed by atoms with E-state index in [0.29, 0.717) is 0 Å². The van der Waals surface area contributed by atoms with Gasteiger partial charge in [0.2, 0.25) is 0 Å². The first-order valence-corrected chi connectivity index (χ1v) is 16.0. The molecule has 3 fully saturated rings. The zero-order valence-electron chi connectivity index (χ0n) is 13.5. The van der Waals surface area contributed by atoms with Crippen LogP contribution in [0.25, 0.3) is 0 Å². The van der Waals surface area contributed by atoms with Gasteiger partial charge in [-0.15, -0.1) is 0 Å². The summed E-state index contributed by atoms with van der Waals surface area (Å²) in [4.78, 5) is 0. The summed E-state index contributed by atoms with van der Waals surface area (Å²) >= 11 is 9.24. The van der Waals surface area contributed by atoms with E-state index < -0.39 is 4.01 Å². The molecule has 3 aliphatic carbocycles. The standard InChI is InChI=1S/C18H33Br2P/c19-21(20,16-10-4-1-5-11-16,17-12-6-2-7-13-17)18-14-8-3-9-15-18/h16-18H,1-15H2. The molecule has 0 bridgehead atoms. The molecule has 0 aromatic heterocycles. The normalized spacial score (nSPS) is 29.9. The van der Waals surface area contributed by atoms with Crippen molar-refractivity contribution in [2.24, 2.45) is 0 Å². The summed E-state index contributed by atoms with van der Waals surface area (Å²) in [5.74, 6) is 0. The number of rotatable bonds is 3. The Morgan fingerprint density at radius 3 is 0.905 bits per heavy atom. The Kier molecular flexibility index (Phi) is 5.82. The van der Waals surface area contributed by atoms with Gasteiger partial charge in [0.15, 0.2) is 0 Å². The zero-order chi connectivity index (χ0) is 14.8. The van der Waals surface area contributed by atoms with E-state index in [1.807, 2.05) is 0 Å². The second kappa shape index (κ2) is 7.10. The van der Waals surface area contributed by atoms with E-state index in [4.69, 9.17) is 0 Å². The second-order valence-electron chi connectivity index (χ2n) is 7.97. The van der Waals surface area contributed by atoms with E-state index in [1.165, 1.54) is 96.3 Å². The van der Waals surface area contributed by atoms with Crippen molar-refractivity contribution in [1.82, 2.24) is 0 Å². The predicted octanol–water partition coefficient (Wildman–Crippen LogP) is 8.16. The van der Waals surface area contributed by atoms with Crippen molar-refractivity contribution in [3.8, 4) is 0 Å². The van der Waals surface area contributed by atoms with Gasteiger partial charge in [0.05, 0.1) is 0 Å². The number of hydrogen-bond donors (Lipinski definition) is 0. The van der Waals surface area contributed by atoms with E-state index in [1.54, 1.807) is 0 Å². The predicted molar refractivity (Wildman–Crippen MR) is 105 cm³/mol. The first-order chi connectivity index (χ1) is 10.1. The van der Waals surface area contributed by atoms with Crippen LogP contribution in [0.2, 0.25) is 0 Å². The van der Waals surface area contributed by atoms with Crippen molar-refractivity contribution in [1.29, 1.82) is 0 Å². The van der Waals surface area contributed by atoms with Gasteiger partial charge in [-0.05, 0) is 0 Å². The number of hydrogen-bond acceptors (Lipinski definition) is 0. The second-order valence-corrected chi connectivity index (χ2v) is 24.7. The Bertz CT molecular complexity index is 285. The van der Waals surface area contributed by atoms with E-state index >= 15 is 0 Å². The van der Waals surface area contributed by atoms with Gasteiger partial charge in [-0.2, -0.15) is 0 Å². The molecule has 0 N–H and O–H groups in total. The molecule has 0 amide bonds. The monoisotopic (exact) mass is 438 g/mol. The van der Waals surface area contributed by atoms with Crippen LogP contribution in [0, 0.1) is 0 Å². The Hall–Kier alpha value is 1.39. The van der Waals surface area contributed by atoms with Gasteiger partial charge in [-0.25, -0.2) is 0 Å². The molecule has 0 aromatic rings. The Balaban J connectivity index is 1.90. The fourth-order valence-electron chi connectivity index (χ4n) is 5.62. The molecule has 0 aliphatic heterocycles. The molecule has 0 atom stereocenters. The molecule has 0 heterocycles. The van der Waals surface area contributed by atoms with Crippen LogP contribution in [-0.4, -0.2) is 17.0 Å². The molecule has 3 saturated carbocycles. The first kappa shape index (κ1) is 17.2. The van der Waals surface area contributed by atoms with Crippen molar-refractivity contribution in [3.63, 3.8) is 0 Å². The van der Waals surface area contributed by atoms with Crippen LogP contribution in [0.5, 0.6) is 0 Å². The van der Waals surface area contributed by atoms with Gasteiger partial charge >= 0.3 is 148 Å². The molecular formula is C18H33Br2P. The fourth-order valence-corrected chi connectivity index (χ4v) is 18.8. The zero-order valence-corrected chi connectivity index (χ0v) is 17.6. The van der Waals surface area contributed by atoms with Crippen LogP contribution in [0.3, 0.4) is 0 Å². The van der Waals surface area contributed by atoms with Crippen LogP contribution in [0.4, 0.5) is 0 Å². The summed E-state index contributed by atoms with van der Waals surface area (Å²) in [6, 6.07) is 0. The molecule has 0 spiro atoms.